The van der Waals surface area contributed by atoms with Gasteiger partial charge in [-0.05, 0) is 32.1 Å². The van der Waals surface area contributed by atoms with Crippen molar-refractivity contribution in [3.8, 4) is 0 Å². The topological polar surface area (TPSA) is 49.4 Å². The number of nitrogens with zero attached hydrogens (tertiary/aromatic N) is 1. The van der Waals surface area contributed by atoms with Crippen LogP contribution in [0.2, 0.25) is 0 Å². The van der Waals surface area contributed by atoms with E-state index in [1.54, 1.807) is 6.92 Å². The van der Waals surface area contributed by atoms with Crippen molar-refractivity contribution in [2.24, 2.45) is 11.8 Å². The molecule has 3 atom stereocenters. The third kappa shape index (κ3) is 5.36. The van der Waals surface area contributed by atoms with Gasteiger partial charge in [-0.3, -0.25) is 0 Å². The van der Waals surface area contributed by atoms with Gasteiger partial charge in [0, 0.05) is 25.7 Å². The summed E-state index contributed by atoms with van der Waals surface area (Å²) in [4.78, 5) is 2.38. The Morgan fingerprint density at radius 3 is 2.29 bits per heavy atom. The lowest BCUT2D eigenvalue weighted by Crippen LogP contribution is -2.47. The van der Waals surface area contributed by atoms with E-state index in [9.17, 15) is 8.42 Å². The molecule has 0 aromatic heterocycles. The molecule has 1 aliphatic rings. The molecule has 1 rings (SSSR count). The van der Waals surface area contributed by atoms with E-state index < -0.39 is 10.0 Å². The van der Waals surface area contributed by atoms with Crippen LogP contribution in [0, 0.1) is 11.8 Å². The number of hydrogen-bond donors (Lipinski definition) is 1. The predicted octanol–water partition coefficient (Wildman–Crippen LogP) is 1.29. The summed E-state index contributed by atoms with van der Waals surface area (Å²) in [5.74, 6) is 1.59. The molecule has 1 saturated heterocycles. The molecular formula is C12H26N2O2S. The molecule has 4 nitrogen and oxygen atoms in total. The molecule has 1 aliphatic heterocycles. The Labute approximate surface area is 106 Å². The normalized spacial score (nSPS) is 29.2. The van der Waals surface area contributed by atoms with Gasteiger partial charge >= 0.3 is 0 Å². The highest BCUT2D eigenvalue weighted by Gasteiger charge is 2.23. The van der Waals surface area contributed by atoms with Crippen LogP contribution in [0.3, 0.4) is 0 Å². The summed E-state index contributed by atoms with van der Waals surface area (Å²) >= 11 is 0. The number of rotatable bonds is 5. The highest BCUT2D eigenvalue weighted by Crippen LogP contribution is 2.20. The molecule has 1 heterocycles. The van der Waals surface area contributed by atoms with Crippen LogP contribution in [0.1, 0.15) is 34.1 Å². The summed E-state index contributed by atoms with van der Waals surface area (Å²) in [5.41, 5.74) is 0. The fourth-order valence-electron chi connectivity index (χ4n) is 2.76. The van der Waals surface area contributed by atoms with Gasteiger partial charge in [-0.15, -0.1) is 0 Å². The largest absolute Gasteiger partial charge is 0.301 e. The maximum Gasteiger partial charge on any atom is 0.211 e. The molecule has 5 heteroatoms. The van der Waals surface area contributed by atoms with Crippen molar-refractivity contribution in [1.29, 1.82) is 0 Å². The number of likely N-dealkylation sites (tertiary alicyclic amines) is 1. The van der Waals surface area contributed by atoms with Crippen LogP contribution in [-0.2, 0) is 10.0 Å². The second-order valence-corrected chi connectivity index (χ2v) is 7.63. The SMILES string of the molecule is CCS(=O)(=O)N[C@@H](C)CN1C[C@H](C)C[C@H](C)C1. The van der Waals surface area contributed by atoms with E-state index in [4.69, 9.17) is 0 Å². The average molecular weight is 262 g/mol. The lowest BCUT2D eigenvalue weighted by Gasteiger charge is -2.36. The molecule has 0 aromatic carbocycles. The third-order valence-corrected chi connectivity index (χ3v) is 4.76. The van der Waals surface area contributed by atoms with Crippen molar-refractivity contribution in [3.63, 3.8) is 0 Å². The van der Waals surface area contributed by atoms with Gasteiger partial charge in [0.1, 0.15) is 0 Å². The number of hydrogen-bond acceptors (Lipinski definition) is 3. The van der Waals surface area contributed by atoms with Crippen molar-refractivity contribution in [3.05, 3.63) is 0 Å². The van der Waals surface area contributed by atoms with Gasteiger partial charge in [-0.2, -0.15) is 0 Å². The first-order chi connectivity index (χ1) is 7.82. The van der Waals surface area contributed by atoms with Gasteiger partial charge in [-0.25, -0.2) is 13.1 Å². The van der Waals surface area contributed by atoms with Gasteiger partial charge < -0.3 is 4.90 Å². The van der Waals surface area contributed by atoms with Crippen molar-refractivity contribution >= 4 is 10.0 Å². The minimum absolute atomic E-state index is 0.00236. The van der Waals surface area contributed by atoms with Gasteiger partial charge in [0.15, 0.2) is 0 Å². The quantitative estimate of drug-likeness (QED) is 0.812. The fraction of sp³-hybridized carbons (Fsp3) is 1.00. The van der Waals surface area contributed by atoms with Gasteiger partial charge in [0.05, 0.1) is 5.75 Å². The molecule has 0 unspecified atom stereocenters. The van der Waals surface area contributed by atoms with Crippen LogP contribution < -0.4 is 4.72 Å². The van der Waals surface area contributed by atoms with Crippen LogP contribution >= 0.6 is 0 Å². The van der Waals surface area contributed by atoms with E-state index >= 15 is 0 Å². The predicted molar refractivity (Wildman–Crippen MR) is 71.4 cm³/mol. The average Bonchev–Trinajstić information content (AvgIpc) is 2.14. The van der Waals surface area contributed by atoms with E-state index in [2.05, 4.69) is 23.5 Å². The van der Waals surface area contributed by atoms with Gasteiger partial charge in [-0.1, -0.05) is 13.8 Å². The Morgan fingerprint density at radius 2 is 1.82 bits per heavy atom. The molecule has 0 radical (unpaired) electrons. The Morgan fingerprint density at radius 1 is 1.29 bits per heavy atom. The molecule has 0 amide bonds. The zero-order chi connectivity index (χ0) is 13.1. The summed E-state index contributed by atoms with van der Waals surface area (Å²) < 4.78 is 25.6. The zero-order valence-corrected chi connectivity index (χ0v) is 12.3. The van der Waals surface area contributed by atoms with Crippen molar-refractivity contribution in [1.82, 2.24) is 9.62 Å². The summed E-state index contributed by atoms with van der Waals surface area (Å²) in [6.07, 6.45) is 1.28. The maximum atomic E-state index is 11.5. The van der Waals surface area contributed by atoms with E-state index in [0.29, 0.717) is 11.8 Å². The first-order valence-corrected chi connectivity index (χ1v) is 8.20. The van der Waals surface area contributed by atoms with E-state index in [0.717, 1.165) is 19.6 Å². The Balaban J connectivity index is 2.43. The van der Waals surface area contributed by atoms with Crippen LogP contribution in [0.4, 0.5) is 0 Å². The molecule has 0 spiro atoms. The molecule has 0 aromatic rings. The van der Waals surface area contributed by atoms with Gasteiger partial charge in [0.25, 0.3) is 0 Å². The van der Waals surface area contributed by atoms with Crippen molar-refractivity contribution in [2.45, 2.75) is 40.2 Å². The molecule has 0 saturated carbocycles. The monoisotopic (exact) mass is 262 g/mol. The molecule has 1 fully saturated rings. The second kappa shape index (κ2) is 6.16. The molecule has 17 heavy (non-hydrogen) atoms. The zero-order valence-electron chi connectivity index (χ0n) is 11.4. The van der Waals surface area contributed by atoms with Gasteiger partial charge in [0.2, 0.25) is 10.0 Å². The lowest BCUT2D eigenvalue weighted by atomic mass is 9.92. The molecule has 102 valence electrons. The number of nitrogens with one attached hydrogen (secondary N) is 1. The van der Waals surface area contributed by atoms with E-state index in [1.807, 2.05) is 6.92 Å². The van der Waals surface area contributed by atoms with E-state index in [1.165, 1.54) is 6.42 Å². The molecule has 0 bridgehead atoms. The fourth-order valence-corrected chi connectivity index (χ4v) is 3.61. The van der Waals surface area contributed by atoms with Crippen LogP contribution in [0.5, 0.6) is 0 Å². The summed E-state index contributed by atoms with van der Waals surface area (Å²) in [6.45, 7) is 11.1. The number of piperidine rings is 1. The van der Waals surface area contributed by atoms with Crippen LogP contribution in [0.15, 0.2) is 0 Å². The minimum Gasteiger partial charge on any atom is -0.301 e. The summed E-state index contributed by atoms with van der Waals surface area (Å²) in [5, 5.41) is 0. The number of sulfonamides is 1. The van der Waals surface area contributed by atoms with Crippen molar-refractivity contribution < 1.29 is 8.42 Å². The first-order valence-electron chi connectivity index (χ1n) is 6.54. The summed E-state index contributed by atoms with van der Waals surface area (Å²) in [7, 11) is -3.07. The lowest BCUT2D eigenvalue weighted by molar-refractivity contribution is 0.134. The Bertz CT molecular complexity index is 319. The molecule has 0 aliphatic carbocycles. The highest BCUT2D eigenvalue weighted by molar-refractivity contribution is 7.89. The Kier molecular flexibility index (Phi) is 5.41. The summed E-state index contributed by atoms with van der Waals surface area (Å²) in [6, 6.07) is -0.00236. The highest BCUT2D eigenvalue weighted by atomic mass is 32.2. The third-order valence-electron chi connectivity index (χ3n) is 3.24. The van der Waals surface area contributed by atoms with Crippen LogP contribution in [0.25, 0.3) is 0 Å². The first kappa shape index (κ1) is 14.9. The minimum atomic E-state index is -3.07. The second-order valence-electron chi connectivity index (χ2n) is 5.59. The molecular weight excluding hydrogens is 236 g/mol. The van der Waals surface area contributed by atoms with Crippen LogP contribution in [-0.4, -0.2) is 44.7 Å². The standard InChI is InChI=1S/C12H26N2O2S/c1-5-17(15,16)13-12(4)9-14-7-10(2)6-11(3)8-14/h10-13H,5-9H2,1-4H3/t10-,11+,12-/m0/s1. The van der Waals surface area contributed by atoms with Crippen molar-refractivity contribution in [2.75, 3.05) is 25.4 Å². The molecule has 1 N–H and O–H groups in total. The maximum absolute atomic E-state index is 11.5. The Hall–Kier alpha value is -0.130. The van der Waals surface area contributed by atoms with E-state index in [-0.39, 0.29) is 11.8 Å². The smallest absolute Gasteiger partial charge is 0.211 e.